The fourth-order valence-corrected chi connectivity index (χ4v) is 0. The van der Waals surface area contributed by atoms with E-state index in [1.54, 1.807) is 0 Å². The summed E-state index contributed by atoms with van der Waals surface area (Å²) in [7, 11) is 0. The molecule has 0 fully saturated rings. The van der Waals surface area contributed by atoms with Crippen molar-refractivity contribution in [2.45, 2.75) is 0 Å². The van der Waals surface area contributed by atoms with Gasteiger partial charge in [-0.25, -0.2) is 0 Å². The van der Waals surface area contributed by atoms with Crippen molar-refractivity contribution in [1.29, 1.82) is 0 Å². The van der Waals surface area contributed by atoms with Gasteiger partial charge < -0.3 is 1.43 Å². The predicted molar refractivity (Wildman–Crippen MR) is 4.70 cm³/mol. The molecule has 1 N–H and O–H groups in total. The van der Waals surface area contributed by atoms with Crippen molar-refractivity contribution in [3.8, 4) is 0 Å². The third-order valence-electron chi connectivity index (χ3n) is 0. The van der Waals surface area contributed by atoms with E-state index in [2.05, 4.69) is 0 Å². The molecule has 0 aliphatic rings. The fraction of sp³-hybridized carbons (Fsp3) is 0. The molecule has 6 heteroatoms. The van der Waals surface area contributed by atoms with Crippen LogP contribution in [0.2, 0.25) is 0 Å². The van der Waals surface area contributed by atoms with Gasteiger partial charge in [0.25, 0.3) is 0 Å². The van der Waals surface area contributed by atoms with Crippen LogP contribution in [0.5, 0.6) is 0 Å². The molecule has 0 spiro atoms. The maximum Gasteiger partial charge on any atom is 0 e. The minimum atomic E-state index is -3.69. The molecule has 0 radical (unpaired) electrons. The van der Waals surface area contributed by atoms with Gasteiger partial charge in [0, 0.05) is 21.1 Å². The maximum absolute atomic E-state index is 8.67. The summed E-state index contributed by atoms with van der Waals surface area (Å²) in [4.78, 5) is 0. The molecule has 0 aliphatic heterocycles. The fourth-order valence-electron chi connectivity index (χ4n) is 0. The van der Waals surface area contributed by atoms with Gasteiger partial charge in [-0.15, -0.1) is 0 Å². The molecule has 0 bridgehead atoms. The molecular weight excluding hydrogens is 322 g/mol. The zero-order valence-corrected chi connectivity index (χ0v) is 10.6. The molecule has 3 nitrogen and oxygen atoms in total. The minimum Gasteiger partial charge on any atom is 0 e. The first-order valence-corrected chi connectivity index (χ1v) is 2.33. The molecule has 0 unspecified atom stereocenters. The Kier molecular flexibility index (Phi) is 27.5. The SMILES string of the molecule is [H-].[K+].[O]=[V](=[O])[OH].[W]. The first-order chi connectivity index (χ1) is 1.73. The first-order valence-electron chi connectivity index (χ1n) is 0.565. The Balaban J connectivity index is -0.0000000150. The van der Waals surface area contributed by atoms with Gasteiger partial charge in [0.2, 0.25) is 0 Å². The normalized spacial score (nSPS) is 4.17. The smallest absolute Gasteiger partial charge is 0 e. The van der Waals surface area contributed by atoms with Gasteiger partial charge in [0.05, 0.1) is 0 Å². The van der Waals surface area contributed by atoms with Gasteiger partial charge in [0.15, 0.2) is 0 Å². The number of rotatable bonds is 0. The second-order valence-corrected chi connectivity index (χ2v) is 0.981. The van der Waals surface area contributed by atoms with E-state index in [9.17, 15) is 0 Å². The topological polar surface area (TPSA) is 54.4 Å². The summed E-state index contributed by atoms with van der Waals surface area (Å²) in [5.41, 5.74) is 0. The molecule has 0 amide bonds. The summed E-state index contributed by atoms with van der Waals surface area (Å²) in [6.45, 7) is 0. The zero-order chi connectivity index (χ0) is 3.58. The second kappa shape index (κ2) is 10.5. The molecule has 0 aliphatic carbocycles. The van der Waals surface area contributed by atoms with E-state index < -0.39 is 15.4 Å². The van der Waals surface area contributed by atoms with Gasteiger partial charge in [0.1, 0.15) is 0 Å². The van der Waals surface area contributed by atoms with Crippen molar-refractivity contribution in [2.75, 3.05) is 0 Å². The van der Waals surface area contributed by atoms with Gasteiger partial charge in [-0.05, 0) is 0 Å². The van der Waals surface area contributed by atoms with Crippen LogP contribution < -0.4 is 51.4 Å². The quantitative estimate of drug-likeness (QED) is 0.467. The van der Waals surface area contributed by atoms with Crippen molar-refractivity contribution in [2.24, 2.45) is 0 Å². The molecule has 6 heavy (non-hydrogen) atoms. The van der Waals surface area contributed by atoms with Crippen molar-refractivity contribution < 1.29 is 101 Å². The van der Waals surface area contributed by atoms with Crippen molar-refractivity contribution >= 4 is 0 Å². The number of hydrogen-bond donors (Lipinski definition) is 1. The van der Waals surface area contributed by atoms with Crippen molar-refractivity contribution in [3.05, 3.63) is 0 Å². The molecule has 0 atom stereocenters. The Labute approximate surface area is 98.4 Å². The van der Waals surface area contributed by atoms with Crippen LogP contribution in [0.1, 0.15) is 1.43 Å². The monoisotopic (exact) mass is 324 g/mol. The molecular formula is H2KO3VW. The average molecular weight is 324 g/mol. The van der Waals surface area contributed by atoms with Crippen molar-refractivity contribution in [1.82, 2.24) is 0 Å². The van der Waals surface area contributed by atoms with Crippen LogP contribution in [0, 0.1) is 0 Å². The van der Waals surface area contributed by atoms with Crippen LogP contribution in [0.3, 0.4) is 0 Å². The predicted octanol–water partition coefficient (Wildman–Crippen LogP) is -3.68. The Morgan fingerprint density at radius 3 is 1.50 bits per heavy atom. The summed E-state index contributed by atoms with van der Waals surface area (Å²) >= 11 is -3.69. The van der Waals surface area contributed by atoms with E-state index in [0.717, 1.165) is 0 Å². The van der Waals surface area contributed by atoms with E-state index in [1.165, 1.54) is 0 Å². The van der Waals surface area contributed by atoms with Gasteiger partial charge in [-0.3, -0.25) is 0 Å². The van der Waals surface area contributed by atoms with Crippen LogP contribution in [-0.2, 0) is 43.8 Å². The summed E-state index contributed by atoms with van der Waals surface area (Å²) in [6.07, 6.45) is 0. The molecule has 0 heterocycles. The van der Waals surface area contributed by atoms with Crippen LogP contribution in [0.15, 0.2) is 0 Å². The Morgan fingerprint density at radius 1 is 1.50 bits per heavy atom. The second-order valence-electron chi connectivity index (χ2n) is 0.238. The minimum absolute atomic E-state index is 0. The van der Waals surface area contributed by atoms with E-state index in [4.69, 9.17) is 11.4 Å². The molecule has 0 aromatic rings. The largest absolute Gasteiger partial charge is 0 e. The van der Waals surface area contributed by atoms with Crippen LogP contribution in [-0.4, -0.2) is 4.03 Å². The van der Waals surface area contributed by atoms with Gasteiger partial charge in [-0.1, -0.05) is 0 Å². The van der Waals surface area contributed by atoms with E-state index in [0.29, 0.717) is 0 Å². The third-order valence-corrected chi connectivity index (χ3v) is 0. The summed E-state index contributed by atoms with van der Waals surface area (Å²) in [5, 5.41) is 0. The van der Waals surface area contributed by atoms with E-state index >= 15 is 0 Å². The molecule has 0 saturated heterocycles. The number of hydrogen-bond acceptors (Lipinski definition) is 2. The van der Waals surface area contributed by atoms with Crippen LogP contribution in [0.25, 0.3) is 0 Å². The Bertz CT molecular complexity index is 63.3. The summed E-state index contributed by atoms with van der Waals surface area (Å²) in [5.74, 6) is 0. The molecule has 0 saturated carbocycles. The molecule has 0 aromatic heterocycles. The Morgan fingerprint density at radius 2 is 1.50 bits per heavy atom. The molecule has 0 aromatic carbocycles. The Hall–Kier alpha value is 2.47. The van der Waals surface area contributed by atoms with Crippen LogP contribution >= 0.6 is 0 Å². The standard InChI is InChI=1S/K.H2O.2O.V.W.H/h;1H2;;;;;/q+1;;;;+1;;-1/p-1. The maximum atomic E-state index is 8.67. The van der Waals surface area contributed by atoms with E-state index in [-0.39, 0.29) is 73.9 Å². The first kappa shape index (κ1) is 15.8. The van der Waals surface area contributed by atoms with Crippen molar-refractivity contribution in [3.63, 3.8) is 0 Å². The zero-order valence-electron chi connectivity index (χ0n) is 4.12. The van der Waals surface area contributed by atoms with Crippen LogP contribution in [0.4, 0.5) is 0 Å². The summed E-state index contributed by atoms with van der Waals surface area (Å²) in [6, 6.07) is 0. The average Bonchev–Trinajstić information content (AvgIpc) is 0.811. The van der Waals surface area contributed by atoms with E-state index in [1.807, 2.05) is 0 Å². The molecule has 32 valence electrons. The molecule has 0 rings (SSSR count). The summed E-state index contributed by atoms with van der Waals surface area (Å²) < 4.78 is 24.4. The van der Waals surface area contributed by atoms with Gasteiger partial charge >= 0.3 is 78.2 Å². The van der Waals surface area contributed by atoms with Gasteiger partial charge in [-0.2, -0.15) is 0 Å². The third kappa shape index (κ3) is 31.7.